The molecular weight excluding hydrogens is 314 g/mol. The van der Waals surface area contributed by atoms with Crippen LogP contribution in [0.15, 0.2) is 24.3 Å². The Morgan fingerprint density at radius 3 is 2.62 bits per heavy atom. The fraction of sp³-hybridized carbons (Fsp3) is 0.650. The van der Waals surface area contributed by atoms with Crippen LogP contribution in [0.4, 0.5) is 0 Å². The van der Waals surface area contributed by atoms with Gasteiger partial charge in [0.25, 0.3) is 0 Å². The Labute approximate surface area is 150 Å². The number of thiazole rings is 1. The second-order valence-corrected chi connectivity index (χ2v) is 8.59. The first-order valence-electron chi connectivity index (χ1n) is 9.44. The Balaban J connectivity index is 0.000000203. The molecule has 0 bridgehead atoms. The van der Waals surface area contributed by atoms with Gasteiger partial charge in [-0.15, -0.1) is 11.3 Å². The number of nitrogens with one attached hydrogen (secondary N) is 1. The van der Waals surface area contributed by atoms with Crippen molar-refractivity contribution in [2.75, 3.05) is 33.2 Å². The van der Waals surface area contributed by atoms with Crippen LogP contribution in [-0.2, 0) is 6.42 Å². The lowest BCUT2D eigenvalue weighted by atomic mass is 9.94. The van der Waals surface area contributed by atoms with Gasteiger partial charge in [0.2, 0.25) is 0 Å². The van der Waals surface area contributed by atoms with E-state index in [9.17, 15) is 0 Å². The first-order chi connectivity index (χ1) is 11.7. The fourth-order valence-electron chi connectivity index (χ4n) is 3.55. The molecule has 2 aliphatic heterocycles. The molecule has 1 aromatic carbocycles. The highest BCUT2D eigenvalue weighted by Gasteiger charge is 2.18. The first kappa shape index (κ1) is 17.8. The lowest BCUT2D eigenvalue weighted by Gasteiger charge is -2.28. The van der Waals surface area contributed by atoms with Crippen molar-refractivity contribution in [2.45, 2.75) is 39.0 Å². The van der Waals surface area contributed by atoms with Gasteiger partial charge in [0.05, 0.1) is 15.2 Å². The van der Waals surface area contributed by atoms with E-state index in [1.165, 1.54) is 73.5 Å². The number of nitrogens with zero attached hydrogens (tertiary/aromatic N) is 2. The minimum Gasteiger partial charge on any atom is -0.316 e. The number of hydrogen-bond acceptors (Lipinski definition) is 4. The molecule has 0 aliphatic carbocycles. The van der Waals surface area contributed by atoms with Crippen LogP contribution in [-0.4, -0.2) is 43.1 Å². The maximum atomic E-state index is 4.73. The summed E-state index contributed by atoms with van der Waals surface area (Å²) in [7, 11) is 2.22. The molecule has 1 unspecified atom stereocenters. The van der Waals surface area contributed by atoms with Gasteiger partial charge in [-0.3, -0.25) is 0 Å². The third-order valence-electron chi connectivity index (χ3n) is 5.18. The van der Waals surface area contributed by atoms with Crippen molar-refractivity contribution in [2.24, 2.45) is 11.8 Å². The van der Waals surface area contributed by atoms with Crippen molar-refractivity contribution in [3.8, 4) is 0 Å². The minimum absolute atomic E-state index is 0.840. The van der Waals surface area contributed by atoms with Gasteiger partial charge in [0.15, 0.2) is 0 Å². The summed E-state index contributed by atoms with van der Waals surface area (Å²) in [4.78, 5) is 7.16. The molecule has 1 aromatic heterocycles. The van der Waals surface area contributed by atoms with E-state index >= 15 is 0 Å². The number of piperidine rings is 2. The maximum absolute atomic E-state index is 4.73. The molecule has 0 amide bonds. The third-order valence-corrected chi connectivity index (χ3v) is 6.24. The van der Waals surface area contributed by atoms with Crippen molar-refractivity contribution in [1.29, 1.82) is 0 Å². The Morgan fingerprint density at radius 2 is 2.00 bits per heavy atom. The molecule has 2 saturated heterocycles. The highest BCUT2D eigenvalue weighted by Crippen LogP contribution is 2.27. The Kier molecular flexibility index (Phi) is 6.64. The van der Waals surface area contributed by atoms with Crippen LogP contribution in [0.5, 0.6) is 0 Å². The number of fused-ring (bicyclic) bond motifs is 1. The summed E-state index contributed by atoms with van der Waals surface area (Å²) in [6, 6.07) is 8.45. The van der Waals surface area contributed by atoms with Crippen molar-refractivity contribution in [3.05, 3.63) is 29.3 Å². The molecule has 4 rings (SSSR count). The van der Waals surface area contributed by atoms with E-state index in [0.717, 1.165) is 11.8 Å². The lowest BCUT2D eigenvalue weighted by Crippen LogP contribution is -2.30. The molecule has 2 aromatic rings. The monoisotopic (exact) mass is 345 g/mol. The number of likely N-dealkylation sites (tertiary alicyclic amines) is 1. The summed E-state index contributed by atoms with van der Waals surface area (Å²) in [6.07, 6.45) is 6.63. The predicted octanol–water partition coefficient (Wildman–Crippen LogP) is 4.19. The van der Waals surface area contributed by atoms with E-state index in [1.807, 2.05) is 11.3 Å². The second kappa shape index (κ2) is 8.93. The third kappa shape index (κ3) is 5.27. The zero-order valence-corrected chi connectivity index (χ0v) is 15.9. The van der Waals surface area contributed by atoms with Gasteiger partial charge in [-0.25, -0.2) is 4.98 Å². The molecule has 2 aliphatic rings. The van der Waals surface area contributed by atoms with Crippen molar-refractivity contribution in [3.63, 3.8) is 0 Å². The molecule has 0 spiro atoms. The van der Waals surface area contributed by atoms with Crippen LogP contribution in [0, 0.1) is 11.8 Å². The summed E-state index contributed by atoms with van der Waals surface area (Å²) in [5, 5.41) is 4.65. The molecule has 0 radical (unpaired) electrons. The van der Waals surface area contributed by atoms with E-state index in [4.69, 9.17) is 4.98 Å². The molecular formula is C20H31N3S. The van der Waals surface area contributed by atoms with Crippen LogP contribution in [0.25, 0.3) is 10.2 Å². The molecule has 4 heteroatoms. The highest BCUT2D eigenvalue weighted by atomic mass is 32.1. The number of benzene rings is 1. The average molecular weight is 346 g/mol. The van der Waals surface area contributed by atoms with Crippen LogP contribution in [0.3, 0.4) is 0 Å². The van der Waals surface area contributed by atoms with E-state index in [-0.39, 0.29) is 0 Å². The molecule has 3 nitrogen and oxygen atoms in total. The molecule has 0 saturated carbocycles. The van der Waals surface area contributed by atoms with E-state index in [1.54, 1.807) is 0 Å². The van der Waals surface area contributed by atoms with E-state index in [2.05, 4.69) is 48.5 Å². The highest BCUT2D eigenvalue weighted by molar-refractivity contribution is 7.18. The summed E-state index contributed by atoms with van der Waals surface area (Å²) >= 11 is 1.87. The van der Waals surface area contributed by atoms with Crippen LogP contribution >= 0.6 is 11.3 Å². The summed E-state index contributed by atoms with van der Waals surface area (Å²) in [6.45, 7) is 7.27. The average Bonchev–Trinajstić information content (AvgIpc) is 3.00. The van der Waals surface area contributed by atoms with Crippen molar-refractivity contribution >= 4 is 21.6 Å². The molecule has 132 valence electrons. The van der Waals surface area contributed by atoms with Gasteiger partial charge in [-0.2, -0.15) is 0 Å². The Bertz CT molecular complexity index is 577. The SMILES string of the molecule is CC1CCCNC1.CN1CCC(Cc2nc3ccccc3s2)CC1. The van der Waals surface area contributed by atoms with Crippen LogP contribution in [0.1, 0.15) is 37.6 Å². The maximum Gasteiger partial charge on any atom is 0.0941 e. The summed E-state index contributed by atoms with van der Waals surface area (Å²) in [5.41, 5.74) is 1.17. The zero-order chi connectivity index (χ0) is 16.8. The lowest BCUT2D eigenvalue weighted by molar-refractivity contribution is 0.219. The van der Waals surface area contributed by atoms with Crippen molar-refractivity contribution < 1.29 is 0 Å². The molecule has 1 N–H and O–H groups in total. The normalized spacial score (nSPS) is 23.0. The fourth-order valence-corrected chi connectivity index (χ4v) is 4.63. The standard InChI is InChI=1S/C14H18N2S.C6H13N/c1-16-8-6-11(7-9-16)10-14-15-12-4-2-3-5-13(12)17-14;1-6-3-2-4-7-5-6/h2-5,11H,6-10H2,1H3;6-7H,2-5H2,1H3. The largest absolute Gasteiger partial charge is 0.316 e. The van der Waals surface area contributed by atoms with Gasteiger partial charge in [0, 0.05) is 6.42 Å². The van der Waals surface area contributed by atoms with Gasteiger partial charge in [0.1, 0.15) is 0 Å². The number of para-hydroxylation sites is 1. The van der Waals surface area contributed by atoms with Gasteiger partial charge < -0.3 is 10.2 Å². The van der Waals surface area contributed by atoms with Crippen LogP contribution < -0.4 is 5.32 Å². The number of aromatic nitrogens is 1. The first-order valence-corrected chi connectivity index (χ1v) is 10.3. The summed E-state index contributed by atoms with van der Waals surface area (Å²) < 4.78 is 1.33. The van der Waals surface area contributed by atoms with Crippen LogP contribution in [0.2, 0.25) is 0 Å². The minimum atomic E-state index is 0.840. The predicted molar refractivity (Wildman–Crippen MR) is 105 cm³/mol. The van der Waals surface area contributed by atoms with Gasteiger partial charge in [-0.1, -0.05) is 19.1 Å². The number of hydrogen-bond donors (Lipinski definition) is 1. The Hall–Kier alpha value is -0.970. The van der Waals surface area contributed by atoms with Crippen molar-refractivity contribution in [1.82, 2.24) is 15.2 Å². The van der Waals surface area contributed by atoms with Gasteiger partial charge >= 0.3 is 0 Å². The second-order valence-electron chi connectivity index (χ2n) is 7.48. The van der Waals surface area contributed by atoms with E-state index < -0.39 is 0 Å². The summed E-state index contributed by atoms with van der Waals surface area (Å²) in [5.74, 6) is 1.76. The van der Waals surface area contributed by atoms with Gasteiger partial charge in [-0.05, 0) is 82.9 Å². The quantitative estimate of drug-likeness (QED) is 0.885. The molecule has 1 atom stereocenters. The van der Waals surface area contributed by atoms with E-state index in [0.29, 0.717) is 0 Å². The molecule has 2 fully saturated rings. The smallest absolute Gasteiger partial charge is 0.0941 e. The zero-order valence-electron chi connectivity index (χ0n) is 15.1. The molecule has 3 heterocycles. The molecule has 24 heavy (non-hydrogen) atoms. The number of rotatable bonds is 2. The topological polar surface area (TPSA) is 28.2 Å². The Morgan fingerprint density at radius 1 is 1.21 bits per heavy atom.